The number of likely N-dealkylation sites (N-methyl/N-ethyl adjacent to an activating group) is 1. The Morgan fingerprint density at radius 2 is 1.49 bits per heavy atom. The summed E-state index contributed by atoms with van der Waals surface area (Å²) in [6.07, 6.45) is 1.87. The second-order valence-electron chi connectivity index (χ2n) is 8.74. The van der Waals surface area contributed by atoms with Crippen molar-refractivity contribution in [3.63, 3.8) is 0 Å². The molecule has 9 heteroatoms. The molecule has 0 aliphatic rings. The molecule has 3 rings (SSSR count). The van der Waals surface area contributed by atoms with Gasteiger partial charge in [-0.1, -0.05) is 72.3 Å². The summed E-state index contributed by atoms with van der Waals surface area (Å²) in [4.78, 5) is 28.1. The molecule has 1 unspecified atom stereocenters. The van der Waals surface area contributed by atoms with Gasteiger partial charge in [-0.3, -0.25) is 13.9 Å². The highest BCUT2D eigenvalue weighted by molar-refractivity contribution is 7.92. The van der Waals surface area contributed by atoms with Gasteiger partial charge in [-0.15, -0.1) is 0 Å². The molecule has 0 bridgehead atoms. The molecule has 7 nitrogen and oxygen atoms in total. The van der Waals surface area contributed by atoms with E-state index in [-0.39, 0.29) is 31.3 Å². The van der Waals surface area contributed by atoms with Crippen LogP contribution >= 0.6 is 11.6 Å². The van der Waals surface area contributed by atoms with Gasteiger partial charge in [0.05, 0.1) is 11.9 Å². The smallest absolute Gasteiger partial charge is 0.242 e. The number of nitrogens with one attached hydrogen (secondary N) is 1. The molecule has 0 heterocycles. The molecule has 196 valence electrons. The molecule has 37 heavy (non-hydrogen) atoms. The van der Waals surface area contributed by atoms with Gasteiger partial charge in [0.25, 0.3) is 0 Å². The Labute approximate surface area is 224 Å². The van der Waals surface area contributed by atoms with Gasteiger partial charge in [-0.2, -0.15) is 0 Å². The van der Waals surface area contributed by atoms with E-state index in [2.05, 4.69) is 5.32 Å². The van der Waals surface area contributed by atoms with Crippen molar-refractivity contribution in [3.8, 4) is 0 Å². The molecule has 0 aliphatic carbocycles. The van der Waals surface area contributed by atoms with Crippen LogP contribution in [-0.2, 0) is 32.6 Å². The van der Waals surface area contributed by atoms with E-state index in [0.717, 1.165) is 17.4 Å². The van der Waals surface area contributed by atoms with Gasteiger partial charge in [0.2, 0.25) is 21.8 Å². The molecule has 0 aliphatic heterocycles. The monoisotopic (exact) mass is 541 g/mol. The zero-order valence-electron chi connectivity index (χ0n) is 21.0. The standard InChI is InChI=1S/C28H32ClN3O4S/c1-30-28(34)26(20-22-10-5-3-6-11-22)31(21-23-15-17-24(29)18-16-23)27(33)14-9-19-32(37(2,35)36)25-12-7-4-8-13-25/h3-8,10-13,15-18,26H,9,14,19-21H2,1-2H3,(H,30,34). The van der Waals surface area contributed by atoms with Crippen molar-refractivity contribution >= 4 is 39.1 Å². The first-order valence-electron chi connectivity index (χ1n) is 12.0. The predicted octanol–water partition coefficient (Wildman–Crippen LogP) is 4.27. The summed E-state index contributed by atoms with van der Waals surface area (Å²) in [7, 11) is -1.98. The minimum Gasteiger partial charge on any atom is -0.357 e. The predicted molar refractivity (Wildman–Crippen MR) is 148 cm³/mol. The van der Waals surface area contributed by atoms with E-state index in [1.165, 1.54) is 4.31 Å². The topological polar surface area (TPSA) is 86.8 Å². The lowest BCUT2D eigenvalue weighted by Crippen LogP contribution is -2.49. The first kappa shape index (κ1) is 28.2. The van der Waals surface area contributed by atoms with E-state index in [9.17, 15) is 18.0 Å². The molecule has 0 saturated carbocycles. The van der Waals surface area contributed by atoms with E-state index >= 15 is 0 Å². The molecule has 3 aromatic carbocycles. The lowest BCUT2D eigenvalue weighted by Gasteiger charge is -2.31. The minimum absolute atomic E-state index is 0.0781. The molecular weight excluding hydrogens is 510 g/mol. The quantitative estimate of drug-likeness (QED) is 0.371. The second kappa shape index (κ2) is 13.3. The maximum absolute atomic E-state index is 13.6. The zero-order valence-corrected chi connectivity index (χ0v) is 22.6. The van der Waals surface area contributed by atoms with Crippen LogP contribution in [0.2, 0.25) is 5.02 Å². The van der Waals surface area contributed by atoms with Crippen molar-refractivity contribution in [1.82, 2.24) is 10.2 Å². The van der Waals surface area contributed by atoms with Crippen molar-refractivity contribution < 1.29 is 18.0 Å². The van der Waals surface area contributed by atoms with Gasteiger partial charge >= 0.3 is 0 Å². The highest BCUT2D eigenvalue weighted by atomic mass is 35.5. The summed E-state index contributed by atoms with van der Waals surface area (Å²) in [5.41, 5.74) is 2.31. The van der Waals surface area contributed by atoms with Gasteiger partial charge < -0.3 is 10.2 Å². The maximum atomic E-state index is 13.6. The number of benzene rings is 3. The number of carbonyl (C=O) groups is 2. The van der Waals surface area contributed by atoms with Crippen LogP contribution in [0.4, 0.5) is 5.69 Å². The first-order chi connectivity index (χ1) is 17.7. The van der Waals surface area contributed by atoms with Gasteiger partial charge in [-0.05, 0) is 41.8 Å². The third kappa shape index (κ3) is 8.33. The van der Waals surface area contributed by atoms with E-state index in [4.69, 9.17) is 11.6 Å². The Balaban J connectivity index is 1.83. The summed E-state index contributed by atoms with van der Waals surface area (Å²) in [6, 6.07) is 24.7. The molecule has 0 saturated heterocycles. The largest absolute Gasteiger partial charge is 0.357 e. The number of rotatable bonds is 12. The van der Waals surface area contributed by atoms with Crippen LogP contribution < -0.4 is 9.62 Å². The Kier molecular flexibility index (Phi) is 10.1. The number of hydrogen-bond donors (Lipinski definition) is 1. The number of halogens is 1. The van der Waals surface area contributed by atoms with E-state index in [1.807, 2.05) is 48.5 Å². The molecule has 3 aromatic rings. The molecule has 0 radical (unpaired) electrons. The fourth-order valence-electron chi connectivity index (χ4n) is 4.11. The average Bonchev–Trinajstić information content (AvgIpc) is 2.89. The van der Waals surface area contributed by atoms with E-state index < -0.39 is 16.1 Å². The Hall–Kier alpha value is -3.36. The summed E-state index contributed by atoms with van der Waals surface area (Å²) < 4.78 is 26.1. The van der Waals surface area contributed by atoms with Crippen LogP contribution in [0.25, 0.3) is 0 Å². The fourth-order valence-corrected chi connectivity index (χ4v) is 5.20. The first-order valence-corrected chi connectivity index (χ1v) is 14.2. The zero-order chi connectivity index (χ0) is 26.8. The average molecular weight is 542 g/mol. The number of sulfonamides is 1. The van der Waals surface area contributed by atoms with Crippen LogP contribution in [0.1, 0.15) is 24.0 Å². The number of hydrogen-bond acceptors (Lipinski definition) is 4. The minimum atomic E-state index is -3.53. The molecule has 1 N–H and O–H groups in total. The van der Waals surface area contributed by atoms with Crippen molar-refractivity contribution in [2.75, 3.05) is 24.2 Å². The lowest BCUT2D eigenvalue weighted by molar-refractivity contribution is -0.141. The van der Waals surface area contributed by atoms with Crippen molar-refractivity contribution in [2.45, 2.75) is 31.8 Å². The molecule has 0 fully saturated rings. The summed E-state index contributed by atoms with van der Waals surface area (Å²) in [5.74, 6) is -0.505. The Morgan fingerprint density at radius 1 is 0.892 bits per heavy atom. The molecular formula is C28H32ClN3O4S. The highest BCUT2D eigenvalue weighted by Gasteiger charge is 2.30. The van der Waals surface area contributed by atoms with Gasteiger partial charge in [0, 0.05) is 38.0 Å². The highest BCUT2D eigenvalue weighted by Crippen LogP contribution is 2.20. The van der Waals surface area contributed by atoms with Crippen LogP contribution in [0, 0.1) is 0 Å². The number of amides is 2. The number of nitrogens with zero attached hydrogens (tertiary/aromatic N) is 2. The van der Waals surface area contributed by atoms with Crippen LogP contribution in [0.15, 0.2) is 84.9 Å². The molecule has 0 spiro atoms. The molecule has 0 aromatic heterocycles. The lowest BCUT2D eigenvalue weighted by atomic mass is 10.0. The second-order valence-corrected chi connectivity index (χ2v) is 11.1. The van der Waals surface area contributed by atoms with Gasteiger partial charge in [0.15, 0.2) is 0 Å². The normalized spacial score (nSPS) is 12.0. The SMILES string of the molecule is CNC(=O)C(Cc1ccccc1)N(Cc1ccc(Cl)cc1)C(=O)CCCN(c1ccccc1)S(C)(=O)=O. The van der Waals surface area contributed by atoms with E-state index in [0.29, 0.717) is 23.6 Å². The summed E-state index contributed by atoms with van der Waals surface area (Å²) in [6.45, 7) is 0.363. The summed E-state index contributed by atoms with van der Waals surface area (Å²) >= 11 is 6.04. The number of carbonyl (C=O) groups excluding carboxylic acids is 2. The van der Waals surface area contributed by atoms with Crippen LogP contribution in [0.5, 0.6) is 0 Å². The molecule has 2 amide bonds. The Bertz CT molecular complexity index is 1270. The van der Waals surface area contributed by atoms with Crippen molar-refractivity contribution in [1.29, 1.82) is 0 Å². The van der Waals surface area contributed by atoms with Crippen LogP contribution in [0.3, 0.4) is 0 Å². The number of para-hydroxylation sites is 1. The fraction of sp³-hybridized carbons (Fsp3) is 0.286. The Morgan fingerprint density at radius 3 is 2.05 bits per heavy atom. The number of anilines is 1. The van der Waals surface area contributed by atoms with Crippen molar-refractivity contribution in [2.24, 2.45) is 0 Å². The third-order valence-electron chi connectivity index (χ3n) is 5.98. The van der Waals surface area contributed by atoms with Crippen LogP contribution in [-0.4, -0.2) is 51.0 Å². The third-order valence-corrected chi connectivity index (χ3v) is 7.43. The molecule has 1 atom stereocenters. The summed E-state index contributed by atoms with van der Waals surface area (Å²) in [5, 5.41) is 3.27. The van der Waals surface area contributed by atoms with Crippen molar-refractivity contribution in [3.05, 3.63) is 101 Å². The van der Waals surface area contributed by atoms with E-state index in [1.54, 1.807) is 48.3 Å². The van der Waals surface area contributed by atoms with Gasteiger partial charge in [0.1, 0.15) is 6.04 Å². The maximum Gasteiger partial charge on any atom is 0.242 e. The van der Waals surface area contributed by atoms with Gasteiger partial charge in [-0.25, -0.2) is 8.42 Å².